The van der Waals surface area contributed by atoms with Crippen LogP contribution >= 0.6 is 0 Å². The first-order valence-corrected chi connectivity index (χ1v) is 8.40. The quantitative estimate of drug-likeness (QED) is 0.728. The van der Waals surface area contributed by atoms with E-state index in [1.807, 2.05) is 23.1 Å². The lowest BCUT2D eigenvalue weighted by atomic mass is 9.86. The predicted molar refractivity (Wildman–Crippen MR) is 96.2 cm³/mol. The lowest BCUT2D eigenvalue weighted by Gasteiger charge is -2.35. The summed E-state index contributed by atoms with van der Waals surface area (Å²) in [4.78, 5) is 15.0. The first kappa shape index (κ1) is 15.8. The summed E-state index contributed by atoms with van der Waals surface area (Å²) in [6.45, 7) is 8.70. The van der Waals surface area contributed by atoms with Crippen LogP contribution in [-0.2, 0) is 11.8 Å². The van der Waals surface area contributed by atoms with Gasteiger partial charge in [-0.15, -0.1) is 0 Å². The summed E-state index contributed by atoms with van der Waals surface area (Å²) in [7, 11) is 0. The molecule has 0 fully saturated rings. The zero-order valence-electron chi connectivity index (χ0n) is 14.5. The Kier molecular flexibility index (Phi) is 4.01. The molecule has 1 unspecified atom stereocenters. The van der Waals surface area contributed by atoms with Gasteiger partial charge in [0.05, 0.1) is 0 Å². The maximum Gasteiger partial charge on any atom is 0.258 e. The van der Waals surface area contributed by atoms with Crippen molar-refractivity contribution in [1.29, 1.82) is 0 Å². The van der Waals surface area contributed by atoms with Crippen LogP contribution in [0.1, 0.15) is 55.6 Å². The third-order valence-electron chi connectivity index (χ3n) is 4.74. The van der Waals surface area contributed by atoms with Gasteiger partial charge in [0, 0.05) is 17.3 Å². The Morgan fingerprint density at radius 2 is 1.70 bits per heavy atom. The monoisotopic (exact) mass is 307 g/mol. The summed E-state index contributed by atoms with van der Waals surface area (Å²) < 4.78 is 0. The minimum absolute atomic E-state index is 0.102. The van der Waals surface area contributed by atoms with E-state index < -0.39 is 0 Å². The van der Waals surface area contributed by atoms with E-state index in [1.54, 1.807) is 0 Å². The molecule has 2 aromatic carbocycles. The van der Waals surface area contributed by atoms with Crippen molar-refractivity contribution in [2.45, 2.75) is 52.0 Å². The van der Waals surface area contributed by atoms with Crippen LogP contribution in [0.5, 0.6) is 0 Å². The van der Waals surface area contributed by atoms with Crippen LogP contribution in [0.25, 0.3) is 0 Å². The van der Waals surface area contributed by atoms with E-state index in [0.717, 1.165) is 24.1 Å². The second kappa shape index (κ2) is 5.84. The Hall–Kier alpha value is -2.09. The topological polar surface area (TPSA) is 20.3 Å². The molecule has 0 aromatic heterocycles. The third kappa shape index (κ3) is 3.03. The number of carbonyl (C=O) groups is 1. The molecule has 1 atom stereocenters. The van der Waals surface area contributed by atoms with Gasteiger partial charge >= 0.3 is 0 Å². The van der Waals surface area contributed by atoms with Crippen molar-refractivity contribution < 1.29 is 4.79 Å². The lowest BCUT2D eigenvalue weighted by molar-refractivity contribution is 0.0975. The van der Waals surface area contributed by atoms with Gasteiger partial charge in [-0.3, -0.25) is 4.79 Å². The second-order valence-corrected chi connectivity index (χ2v) is 7.52. The van der Waals surface area contributed by atoms with Crippen molar-refractivity contribution in [1.82, 2.24) is 0 Å². The van der Waals surface area contributed by atoms with Crippen LogP contribution in [0, 0.1) is 0 Å². The number of hydrogen-bond donors (Lipinski definition) is 0. The highest BCUT2D eigenvalue weighted by atomic mass is 16.2. The number of hydrogen-bond acceptors (Lipinski definition) is 1. The van der Waals surface area contributed by atoms with Crippen LogP contribution in [-0.4, -0.2) is 11.9 Å². The fourth-order valence-corrected chi connectivity index (χ4v) is 3.25. The van der Waals surface area contributed by atoms with Crippen molar-refractivity contribution in [3.05, 3.63) is 65.2 Å². The predicted octanol–water partition coefficient (Wildman–Crippen LogP) is 4.97. The van der Waals surface area contributed by atoms with Crippen molar-refractivity contribution in [2.24, 2.45) is 0 Å². The van der Waals surface area contributed by atoms with E-state index in [0.29, 0.717) is 0 Å². The molecular formula is C21H25NO. The molecule has 1 aliphatic rings. The smallest absolute Gasteiger partial charge is 0.258 e. The zero-order chi connectivity index (χ0) is 16.6. The molecule has 2 nitrogen and oxygen atoms in total. The summed E-state index contributed by atoms with van der Waals surface area (Å²) in [6.07, 6.45) is 2.06. The molecule has 0 bridgehead atoms. The average molecular weight is 307 g/mol. The third-order valence-corrected chi connectivity index (χ3v) is 4.74. The highest BCUT2D eigenvalue weighted by Crippen LogP contribution is 2.32. The minimum atomic E-state index is 0.102. The standard InChI is InChI=1S/C21H25NO/c1-15-9-10-16-7-5-6-8-19(16)22(15)20(23)17-11-13-18(14-12-17)21(2,3)4/h5-8,11-15H,9-10H2,1-4H3. The second-order valence-electron chi connectivity index (χ2n) is 7.52. The number of para-hydroxylation sites is 1. The Labute approximate surface area is 139 Å². The summed E-state index contributed by atoms with van der Waals surface area (Å²) in [5.41, 5.74) is 4.45. The summed E-state index contributed by atoms with van der Waals surface area (Å²) in [6, 6.07) is 16.6. The van der Waals surface area contributed by atoms with Gasteiger partial charge in [0.15, 0.2) is 0 Å². The normalized spacial score (nSPS) is 17.7. The van der Waals surface area contributed by atoms with Crippen molar-refractivity contribution in [3.8, 4) is 0 Å². The Morgan fingerprint density at radius 3 is 2.35 bits per heavy atom. The van der Waals surface area contributed by atoms with Crippen LogP contribution in [0.4, 0.5) is 5.69 Å². The highest BCUT2D eigenvalue weighted by Gasteiger charge is 2.28. The number of amides is 1. The van der Waals surface area contributed by atoms with Crippen LogP contribution in [0.2, 0.25) is 0 Å². The number of benzene rings is 2. The van der Waals surface area contributed by atoms with Gasteiger partial charge in [0.1, 0.15) is 0 Å². The molecule has 0 N–H and O–H groups in total. The molecule has 2 aromatic rings. The van der Waals surface area contributed by atoms with E-state index in [4.69, 9.17) is 0 Å². The molecule has 3 rings (SSSR count). The number of rotatable bonds is 1. The molecule has 1 aliphatic heterocycles. The van der Waals surface area contributed by atoms with Crippen molar-refractivity contribution >= 4 is 11.6 Å². The Bertz CT molecular complexity index is 709. The molecule has 0 spiro atoms. The molecule has 1 heterocycles. The Balaban J connectivity index is 1.94. The SMILES string of the molecule is CC1CCc2ccccc2N1C(=O)c1ccc(C(C)(C)C)cc1. The maximum absolute atomic E-state index is 13.1. The molecule has 0 aliphatic carbocycles. The molecule has 1 amide bonds. The number of anilines is 1. The van der Waals surface area contributed by atoms with Gasteiger partial charge in [0.2, 0.25) is 0 Å². The maximum atomic E-state index is 13.1. The number of carbonyl (C=O) groups excluding carboxylic acids is 1. The molecule has 0 saturated heterocycles. The number of nitrogens with zero attached hydrogens (tertiary/aromatic N) is 1. The molecular weight excluding hydrogens is 282 g/mol. The van der Waals surface area contributed by atoms with Gasteiger partial charge < -0.3 is 4.90 Å². The van der Waals surface area contributed by atoms with Crippen LogP contribution in [0.3, 0.4) is 0 Å². The van der Waals surface area contributed by atoms with E-state index in [1.165, 1.54) is 11.1 Å². The summed E-state index contributed by atoms with van der Waals surface area (Å²) in [5.74, 6) is 0.102. The average Bonchev–Trinajstić information content (AvgIpc) is 2.53. The van der Waals surface area contributed by atoms with Crippen LogP contribution in [0.15, 0.2) is 48.5 Å². The minimum Gasteiger partial charge on any atom is -0.305 e. The van der Waals surface area contributed by atoms with E-state index in [9.17, 15) is 4.79 Å². The molecule has 23 heavy (non-hydrogen) atoms. The van der Waals surface area contributed by atoms with Gasteiger partial charge in [-0.25, -0.2) is 0 Å². The molecule has 2 heteroatoms. The molecule has 120 valence electrons. The fraction of sp³-hybridized carbons (Fsp3) is 0.381. The first-order valence-electron chi connectivity index (χ1n) is 8.40. The summed E-state index contributed by atoms with van der Waals surface area (Å²) in [5, 5.41) is 0. The number of aryl methyl sites for hydroxylation is 1. The fourth-order valence-electron chi connectivity index (χ4n) is 3.25. The van der Waals surface area contributed by atoms with Gasteiger partial charge in [-0.05, 0) is 54.5 Å². The number of fused-ring (bicyclic) bond motifs is 1. The summed E-state index contributed by atoms with van der Waals surface area (Å²) >= 11 is 0. The van der Waals surface area contributed by atoms with Gasteiger partial charge in [0.25, 0.3) is 5.91 Å². The highest BCUT2D eigenvalue weighted by molar-refractivity contribution is 6.07. The first-order chi connectivity index (χ1) is 10.9. The van der Waals surface area contributed by atoms with Crippen LogP contribution < -0.4 is 4.90 Å². The van der Waals surface area contributed by atoms with Gasteiger partial charge in [-0.2, -0.15) is 0 Å². The van der Waals surface area contributed by atoms with E-state index >= 15 is 0 Å². The largest absolute Gasteiger partial charge is 0.305 e. The lowest BCUT2D eigenvalue weighted by Crippen LogP contribution is -2.42. The van der Waals surface area contributed by atoms with Gasteiger partial charge in [-0.1, -0.05) is 51.1 Å². The van der Waals surface area contributed by atoms with Crippen molar-refractivity contribution in [3.63, 3.8) is 0 Å². The van der Waals surface area contributed by atoms with E-state index in [-0.39, 0.29) is 17.4 Å². The zero-order valence-corrected chi connectivity index (χ0v) is 14.5. The molecule has 0 saturated carbocycles. The Morgan fingerprint density at radius 1 is 1.04 bits per heavy atom. The van der Waals surface area contributed by atoms with E-state index in [2.05, 4.69) is 58.0 Å². The van der Waals surface area contributed by atoms with Crippen molar-refractivity contribution in [2.75, 3.05) is 4.90 Å². The molecule has 0 radical (unpaired) electrons.